The summed E-state index contributed by atoms with van der Waals surface area (Å²) in [4.78, 5) is 22.3. The molecule has 0 unspecified atom stereocenters. The number of benzene rings is 2. The lowest BCUT2D eigenvalue weighted by Crippen LogP contribution is -2.22. The summed E-state index contributed by atoms with van der Waals surface area (Å²) in [5.41, 5.74) is 9.18. The predicted molar refractivity (Wildman–Crippen MR) is 156 cm³/mol. The third-order valence-electron chi connectivity index (χ3n) is 5.14. The molecule has 2 aromatic carbocycles. The first-order chi connectivity index (χ1) is 18.5. The van der Waals surface area contributed by atoms with Gasteiger partial charge in [-0.25, -0.2) is 0 Å². The van der Waals surface area contributed by atoms with Gasteiger partial charge in [-0.05, 0) is 70.4 Å². The van der Waals surface area contributed by atoms with Crippen LogP contribution in [0.15, 0.2) is 36.4 Å². The molecular weight excluding hydrogens is 545 g/mol. The van der Waals surface area contributed by atoms with E-state index in [1.165, 1.54) is 0 Å². The van der Waals surface area contributed by atoms with Crippen LogP contribution < -0.4 is 5.73 Å². The van der Waals surface area contributed by atoms with Crippen LogP contribution in [0.25, 0.3) is 0 Å². The van der Waals surface area contributed by atoms with Gasteiger partial charge in [0.2, 0.25) is 0 Å². The molecule has 0 aromatic heterocycles. The number of nitrogen functional groups attached to an aromatic ring is 1. The minimum atomic E-state index is -0.906. The summed E-state index contributed by atoms with van der Waals surface area (Å²) >= 11 is 11.8. The van der Waals surface area contributed by atoms with Gasteiger partial charge in [0.25, 0.3) is 0 Å². The Bertz CT molecular complexity index is 936. The van der Waals surface area contributed by atoms with Crippen LogP contribution in [-0.4, -0.2) is 55.9 Å². The third kappa shape index (κ3) is 16.5. The molecule has 10 heteroatoms. The fourth-order valence-electron chi connectivity index (χ4n) is 3.21. The Balaban J connectivity index is 0.000000611. The van der Waals surface area contributed by atoms with E-state index < -0.39 is 18.5 Å². The Hall–Kier alpha value is -2.20. The van der Waals surface area contributed by atoms with E-state index in [1.807, 2.05) is 52.0 Å². The number of hydrogen-bond donors (Lipinski definition) is 2. The number of carbonyl (C=O) groups excluding carboxylic acids is 1. The monoisotopic (exact) mass is 587 g/mol. The van der Waals surface area contributed by atoms with Gasteiger partial charge in [-0.3, -0.25) is 9.59 Å². The van der Waals surface area contributed by atoms with Crippen LogP contribution in [0.5, 0.6) is 0 Å². The topological polar surface area (TPSA) is 117 Å². The van der Waals surface area contributed by atoms with E-state index in [0.717, 1.165) is 16.7 Å². The van der Waals surface area contributed by atoms with Crippen molar-refractivity contribution in [3.63, 3.8) is 0 Å². The fraction of sp³-hybridized carbons (Fsp3) is 0.517. The lowest BCUT2D eigenvalue weighted by atomic mass is 10.0. The van der Waals surface area contributed by atoms with E-state index >= 15 is 0 Å². The fourth-order valence-corrected chi connectivity index (χ4v) is 3.72. The van der Waals surface area contributed by atoms with Gasteiger partial charge in [0, 0.05) is 37.9 Å². The highest BCUT2D eigenvalue weighted by Gasteiger charge is 2.16. The Morgan fingerprint density at radius 3 is 1.59 bits per heavy atom. The maximum atomic E-state index is 12.1. The van der Waals surface area contributed by atoms with Gasteiger partial charge in [-0.1, -0.05) is 47.5 Å². The average Bonchev–Trinajstić information content (AvgIpc) is 2.86. The Morgan fingerprint density at radius 1 is 0.769 bits per heavy atom. The lowest BCUT2D eigenvalue weighted by Gasteiger charge is -2.16. The summed E-state index contributed by atoms with van der Waals surface area (Å²) in [5, 5.41) is 9.65. The molecule has 0 saturated heterocycles. The molecule has 0 radical (unpaired) electrons. The van der Waals surface area contributed by atoms with Gasteiger partial charge in [0.1, 0.15) is 5.78 Å². The number of aliphatic carboxylic acids is 1. The van der Waals surface area contributed by atoms with Gasteiger partial charge in [0.05, 0.1) is 23.6 Å². The zero-order valence-corrected chi connectivity index (χ0v) is 25.3. The van der Waals surface area contributed by atoms with Crippen molar-refractivity contribution in [2.75, 3.05) is 32.2 Å². The number of carbonyl (C=O) groups is 2. The van der Waals surface area contributed by atoms with Crippen LogP contribution in [0.2, 0.25) is 10.0 Å². The SMILES string of the molecule is CCOC(CC(=O)Cc1c(C)cccc1Cl)OCC.CCOC(CC(=O)O)OCC.Cc1cccc(Cl)c1N. The van der Waals surface area contributed by atoms with Crippen molar-refractivity contribution in [1.29, 1.82) is 0 Å². The van der Waals surface area contributed by atoms with Gasteiger partial charge >= 0.3 is 5.97 Å². The third-order valence-corrected chi connectivity index (χ3v) is 5.83. The summed E-state index contributed by atoms with van der Waals surface area (Å²) in [6.45, 7) is 13.3. The quantitative estimate of drug-likeness (QED) is 0.186. The van der Waals surface area contributed by atoms with E-state index in [1.54, 1.807) is 26.0 Å². The molecule has 2 rings (SSSR count). The van der Waals surface area contributed by atoms with E-state index in [2.05, 4.69) is 0 Å². The predicted octanol–water partition coefficient (Wildman–Crippen LogP) is 6.64. The number of carboxylic acids is 1. The summed E-state index contributed by atoms with van der Waals surface area (Å²) in [7, 11) is 0. The molecule has 0 fully saturated rings. The summed E-state index contributed by atoms with van der Waals surface area (Å²) < 4.78 is 20.7. The smallest absolute Gasteiger partial charge is 0.308 e. The lowest BCUT2D eigenvalue weighted by molar-refractivity contribution is -0.164. The molecule has 0 amide bonds. The van der Waals surface area contributed by atoms with Crippen molar-refractivity contribution in [1.82, 2.24) is 0 Å². The maximum absolute atomic E-state index is 12.1. The van der Waals surface area contributed by atoms with E-state index in [9.17, 15) is 9.59 Å². The maximum Gasteiger partial charge on any atom is 0.308 e. The minimum Gasteiger partial charge on any atom is -0.481 e. The van der Waals surface area contributed by atoms with Crippen molar-refractivity contribution in [2.45, 2.75) is 73.4 Å². The van der Waals surface area contributed by atoms with E-state index in [0.29, 0.717) is 48.6 Å². The van der Waals surface area contributed by atoms with Crippen LogP contribution in [0.4, 0.5) is 5.69 Å². The van der Waals surface area contributed by atoms with E-state index in [4.69, 9.17) is 53.0 Å². The molecule has 8 nitrogen and oxygen atoms in total. The zero-order valence-electron chi connectivity index (χ0n) is 23.8. The molecule has 0 aliphatic rings. The number of ether oxygens (including phenoxy) is 4. The van der Waals surface area contributed by atoms with Gasteiger partial charge in [-0.15, -0.1) is 0 Å². The Morgan fingerprint density at radius 2 is 1.21 bits per heavy atom. The zero-order chi connectivity index (χ0) is 29.8. The van der Waals surface area contributed by atoms with Crippen molar-refractivity contribution < 1.29 is 33.6 Å². The van der Waals surface area contributed by atoms with Crippen molar-refractivity contribution in [3.8, 4) is 0 Å². The summed E-state index contributed by atoms with van der Waals surface area (Å²) in [5.74, 6) is -0.833. The van der Waals surface area contributed by atoms with Gasteiger partial charge < -0.3 is 29.8 Å². The number of carboxylic acid groups (broad SMARTS) is 1. The number of para-hydroxylation sites is 1. The molecule has 220 valence electrons. The molecule has 0 bridgehead atoms. The van der Waals surface area contributed by atoms with Crippen LogP contribution in [-0.2, 0) is 35.0 Å². The number of anilines is 1. The number of aryl methyl sites for hydroxylation is 2. The van der Waals surface area contributed by atoms with Crippen LogP contribution in [0.3, 0.4) is 0 Å². The molecule has 3 N–H and O–H groups in total. The second kappa shape index (κ2) is 21.6. The number of nitrogens with two attached hydrogens (primary N) is 1. The molecule has 39 heavy (non-hydrogen) atoms. The highest BCUT2D eigenvalue weighted by atomic mass is 35.5. The molecule has 0 heterocycles. The number of Topliss-reactive ketones (excluding diaryl/α,β-unsaturated/α-hetero) is 1. The Kier molecular flexibility index (Phi) is 20.4. The molecule has 0 atom stereocenters. The molecule has 2 aromatic rings. The highest BCUT2D eigenvalue weighted by molar-refractivity contribution is 6.33. The first kappa shape index (κ1) is 36.8. The normalized spacial score (nSPS) is 10.5. The number of halogens is 2. The molecule has 0 spiro atoms. The molecule has 0 saturated carbocycles. The largest absolute Gasteiger partial charge is 0.481 e. The van der Waals surface area contributed by atoms with Crippen LogP contribution in [0.1, 0.15) is 57.2 Å². The van der Waals surface area contributed by atoms with Crippen LogP contribution >= 0.6 is 23.2 Å². The minimum absolute atomic E-state index is 0.0723. The number of rotatable bonds is 14. The first-order valence-electron chi connectivity index (χ1n) is 12.9. The van der Waals surface area contributed by atoms with Crippen LogP contribution in [0, 0.1) is 13.8 Å². The number of hydrogen-bond acceptors (Lipinski definition) is 7. The second-order valence-corrected chi connectivity index (χ2v) is 9.02. The van der Waals surface area contributed by atoms with Crippen molar-refractivity contribution >= 4 is 40.6 Å². The highest BCUT2D eigenvalue weighted by Crippen LogP contribution is 2.21. The van der Waals surface area contributed by atoms with E-state index in [-0.39, 0.29) is 18.6 Å². The van der Waals surface area contributed by atoms with Gasteiger partial charge in [-0.2, -0.15) is 0 Å². The standard InChI is InChI=1S/C15H21ClO3.C7H8ClN.C7H14O4/c1-4-18-15(19-5-2)10-12(17)9-13-11(3)7-6-8-14(13)16;1-5-3-2-4-6(8)7(5)9;1-3-10-7(11-4-2)5-6(8)9/h6-8,15H,4-5,9-10H2,1-3H3;2-4H,9H2,1H3;7H,3-5H2,1-2H3,(H,8,9). The summed E-state index contributed by atoms with van der Waals surface area (Å²) in [6.07, 6.45) is -0.566. The van der Waals surface area contributed by atoms with Gasteiger partial charge in [0.15, 0.2) is 12.6 Å². The summed E-state index contributed by atoms with van der Waals surface area (Å²) in [6, 6.07) is 11.2. The van der Waals surface area contributed by atoms with Crippen molar-refractivity contribution in [3.05, 3.63) is 63.1 Å². The second-order valence-electron chi connectivity index (χ2n) is 8.20. The van der Waals surface area contributed by atoms with Crippen molar-refractivity contribution in [2.24, 2.45) is 0 Å². The average molecular weight is 589 g/mol. The molecular formula is C29H43Cl2NO7. The number of ketones is 1. The first-order valence-corrected chi connectivity index (χ1v) is 13.7. The Labute approximate surface area is 242 Å². The molecule has 0 aliphatic carbocycles. The molecule has 0 aliphatic heterocycles.